The van der Waals surface area contributed by atoms with E-state index in [4.69, 9.17) is 4.74 Å². The van der Waals surface area contributed by atoms with Gasteiger partial charge in [0.1, 0.15) is 5.75 Å². The number of para-hydroxylation sites is 1. The summed E-state index contributed by atoms with van der Waals surface area (Å²) >= 11 is 0. The number of hydrogen-bond acceptors (Lipinski definition) is 1. The molecule has 2 aliphatic rings. The molecule has 0 aliphatic carbocycles. The average Bonchev–Trinajstić information content (AvgIpc) is 3.32. The van der Waals surface area contributed by atoms with Crippen molar-refractivity contribution in [1.29, 1.82) is 0 Å². The van der Waals surface area contributed by atoms with Crippen LogP contribution in [0.15, 0.2) is 122 Å². The Bertz CT molecular complexity index is 1440. The summed E-state index contributed by atoms with van der Waals surface area (Å²) in [6, 6.07) is 38.0. The molecule has 0 fully saturated rings. The van der Waals surface area contributed by atoms with E-state index >= 15 is 0 Å². The van der Waals surface area contributed by atoms with Gasteiger partial charge in [0.25, 0.3) is 0 Å². The van der Waals surface area contributed by atoms with Crippen molar-refractivity contribution < 1.29 is 13.9 Å². The zero-order valence-electron chi connectivity index (χ0n) is 17.3. The van der Waals surface area contributed by atoms with E-state index in [0.717, 1.165) is 28.3 Å². The molecule has 3 heteroatoms. The highest BCUT2D eigenvalue weighted by Gasteiger charge is 2.69. The second-order valence-electron chi connectivity index (χ2n) is 8.21. The molecule has 7 rings (SSSR count). The largest absolute Gasteiger partial charge is 0.556 e. The quantitative estimate of drug-likeness (QED) is 0.374. The summed E-state index contributed by atoms with van der Waals surface area (Å²) in [6.45, 7) is 0. The standard InChI is InChI=1S/C29H20N2O/c1-2-11-21(12-3-1)22-13-4-5-18-27(22)32-29-28-23(25-16-6-8-19-30(25)29)14-10-15-24(28)26-17-7-9-20-31(26)29/h1-20H/q+2. The zero-order chi connectivity index (χ0) is 21.1. The Morgan fingerprint density at radius 3 is 1.75 bits per heavy atom. The monoisotopic (exact) mass is 412 g/mol. The highest BCUT2D eigenvalue weighted by Crippen LogP contribution is 2.47. The maximum atomic E-state index is 7.16. The Morgan fingerprint density at radius 2 is 1.06 bits per heavy atom. The first-order valence-corrected chi connectivity index (χ1v) is 10.9. The van der Waals surface area contributed by atoms with Gasteiger partial charge in [-0.05, 0) is 35.9 Å². The van der Waals surface area contributed by atoms with Gasteiger partial charge in [-0.3, -0.25) is 0 Å². The lowest BCUT2D eigenvalue weighted by Gasteiger charge is -2.20. The summed E-state index contributed by atoms with van der Waals surface area (Å²) in [7, 11) is 0. The van der Waals surface area contributed by atoms with Crippen LogP contribution in [-0.4, -0.2) is 0 Å². The molecule has 2 aliphatic heterocycles. The van der Waals surface area contributed by atoms with E-state index in [1.807, 2.05) is 12.1 Å². The van der Waals surface area contributed by atoms with Crippen LogP contribution in [0, 0.1) is 0 Å². The summed E-state index contributed by atoms with van der Waals surface area (Å²) in [5.41, 5.74) is 8.15. The minimum atomic E-state index is -0.815. The van der Waals surface area contributed by atoms with Gasteiger partial charge in [0.2, 0.25) is 11.4 Å². The Morgan fingerprint density at radius 1 is 0.500 bits per heavy atom. The topological polar surface area (TPSA) is 17.0 Å². The number of nitrogens with zero attached hydrogens (tertiary/aromatic N) is 2. The minimum Gasteiger partial charge on any atom is -0.373 e. The number of fused-ring (bicyclic) bond motifs is 6. The van der Waals surface area contributed by atoms with E-state index in [9.17, 15) is 0 Å². The highest BCUT2D eigenvalue weighted by molar-refractivity contribution is 5.78. The first kappa shape index (κ1) is 17.4. The Kier molecular flexibility index (Phi) is 3.48. The number of benzene rings is 3. The molecule has 4 heterocycles. The highest BCUT2D eigenvalue weighted by atomic mass is 16.5. The van der Waals surface area contributed by atoms with Crippen LogP contribution in [0.2, 0.25) is 0 Å². The van der Waals surface area contributed by atoms with Crippen molar-refractivity contribution in [3.05, 3.63) is 127 Å². The van der Waals surface area contributed by atoms with E-state index in [0.29, 0.717) is 0 Å². The summed E-state index contributed by atoms with van der Waals surface area (Å²) in [5.74, 6) is 0.0390. The molecule has 3 nitrogen and oxygen atoms in total. The third-order valence-electron chi connectivity index (χ3n) is 6.54. The van der Waals surface area contributed by atoms with E-state index in [1.165, 1.54) is 16.7 Å². The molecule has 5 aromatic rings. The molecule has 150 valence electrons. The predicted molar refractivity (Wildman–Crippen MR) is 123 cm³/mol. The Hall–Kier alpha value is -4.24. The van der Waals surface area contributed by atoms with Crippen molar-refractivity contribution >= 4 is 0 Å². The maximum Gasteiger partial charge on any atom is 0.556 e. The van der Waals surface area contributed by atoms with Crippen LogP contribution < -0.4 is 13.9 Å². The lowest BCUT2D eigenvalue weighted by molar-refractivity contribution is -1.00. The predicted octanol–water partition coefficient (Wildman–Crippen LogP) is 5.18. The van der Waals surface area contributed by atoms with Crippen LogP contribution in [-0.2, 0) is 5.85 Å². The molecule has 2 aromatic heterocycles. The Balaban J connectivity index is 1.54. The van der Waals surface area contributed by atoms with Crippen molar-refractivity contribution in [3.8, 4) is 39.4 Å². The molecule has 0 radical (unpaired) electrons. The molecule has 3 aromatic carbocycles. The van der Waals surface area contributed by atoms with Gasteiger partial charge < -0.3 is 4.74 Å². The van der Waals surface area contributed by atoms with Crippen LogP contribution in [0.25, 0.3) is 33.6 Å². The van der Waals surface area contributed by atoms with Gasteiger partial charge in [0.05, 0.1) is 11.1 Å². The molecular weight excluding hydrogens is 392 g/mol. The molecule has 0 saturated heterocycles. The molecule has 0 bridgehead atoms. The molecular formula is C29H20N2O+2. The van der Waals surface area contributed by atoms with Gasteiger partial charge in [0.15, 0.2) is 18.0 Å². The van der Waals surface area contributed by atoms with Gasteiger partial charge in [-0.2, -0.15) is 0 Å². The molecule has 32 heavy (non-hydrogen) atoms. The fraction of sp³-hybridized carbons (Fsp3) is 0.0345. The summed E-state index contributed by atoms with van der Waals surface area (Å²) in [4.78, 5) is 0. The van der Waals surface area contributed by atoms with Crippen LogP contribution in [0.1, 0.15) is 5.56 Å². The fourth-order valence-corrected chi connectivity index (χ4v) is 5.26. The van der Waals surface area contributed by atoms with Crippen molar-refractivity contribution in [2.24, 2.45) is 0 Å². The third-order valence-corrected chi connectivity index (χ3v) is 6.54. The van der Waals surface area contributed by atoms with Gasteiger partial charge in [-0.25, -0.2) is 0 Å². The van der Waals surface area contributed by atoms with Gasteiger partial charge in [-0.15, -0.1) is 0 Å². The number of ether oxygens (including phenoxy) is 1. The zero-order valence-corrected chi connectivity index (χ0v) is 17.3. The van der Waals surface area contributed by atoms with Crippen LogP contribution in [0.3, 0.4) is 0 Å². The van der Waals surface area contributed by atoms with E-state index in [-0.39, 0.29) is 0 Å². The van der Waals surface area contributed by atoms with Gasteiger partial charge in [0, 0.05) is 29.8 Å². The fourth-order valence-electron chi connectivity index (χ4n) is 5.26. The molecule has 0 spiro atoms. The number of rotatable bonds is 3. The average molecular weight is 412 g/mol. The molecule has 0 atom stereocenters. The van der Waals surface area contributed by atoms with Gasteiger partial charge >= 0.3 is 5.85 Å². The molecule has 0 amide bonds. The lowest BCUT2D eigenvalue weighted by atomic mass is 9.99. The first-order valence-electron chi connectivity index (χ1n) is 10.9. The minimum absolute atomic E-state index is 0.815. The van der Waals surface area contributed by atoms with Crippen molar-refractivity contribution in [1.82, 2.24) is 0 Å². The molecule has 0 saturated carbocycles. The van der Waals surface area contributed by atoms with Crippen molar-refractivity contribution in [3.63, 3.8) is 0 Å². The molecule has 0 N–H and O–H groups in total. The van der Waals surface area contributed by atoms with Crippen LogP contribution in [0.4, 0.5) is 0 Å². The van der Waals surface area contributed by atoms with E-state index in [2.05, 4.69) is 119 Å². The number of pyridine rings is 2. The van der Waals surface area contributed by atoms with Gasteiger partial charge in [-0.1, -0.05) is 63.7 Å². The van der Waals surface area contributed by atoms with Crippen LogP contribution in [0.5, 0.6) is 5.75 Å². The van der Waals surface area contributed by atoms with Crippen molar-refractivity contribution in [2.45, 2.75) is 5.85 Å². The molecule has 0 unspecified atom stereocenters. The number of hydrogen-bond donors (Lipinski definition) is 0. The second kappa shape index (κ2) is 6.38. The maximum absolute atomic E-state index is 7.16. The summed E-state index contributed by atoms with van der Waals surface area (Å²) < 4.78 is 11.7. The van der Waals surface area contributed by atoms with E-state index in [1.54, 1.807) is 0 Å². The normalized spacial score (nSPS) is 13.9. The SMILES string of the molecule is c1ccc(-c2ccccc2OC23c4c(cccc4-c4cccc[n+]42)-c2cccc[n+]23)cc1. The lowest BCUT2D eigenvalue weighted by Crippen LogP contribution is -2.74. The summed E-state index contributed by atoms with van der Waals surface area (Å²) in [6.07, 6.45) is 4.25. The van der Waals surface area contributed by atoms with E-state index < -0.39 is 5.85 Å². The number of aromatic nitrogens is 2. The van der Waals surface area contributed by atoms with Crippen LogP contribution >= 0.6 is 0 Å². The smallest absolute Gasteiger partial charge is 0.373 e. The third kappa shape index (κ3) is 2.15. The second-order valence-corrected chi connectivity index (χ2v) is 8.21. The first-order chi connectivity index (χ1) is 15.9. The summed E-state index contributed by atoms with van der Waals surface area (Å²) in [5, 5.41) is 0. The van der Waals surface area contributed by atoms with Crippen molar-refractivity contribution in [2.75, 3.05) is 0 Å². The Labute approximate surface area is 186 Å².